The summed E-state index contributed by atoms with van der Waals surface area (Å²) >= 11 is 0. The van der Waals surface area contributed by atoms with Gasteiger partial charge in [0.05, 0.1) is 0 Å². The summed E-state index contributed by atoms with van der Waals surface area (Å²) in [7, 11) is 0. The van der Waals surface area contributed by atoms with Crippen LogP contribution in [0.15, 0.2) is 48.5 Å². The van der Waals surface area contributed by atoms with Crippen LogP contribution in [0.5, 0.6) is 0 Å². The van der Waals surface area contributed by atoms with E-state index in [-0.39, 0.29) is 0 Å². The molecule has 3 aromatic rings. The van der Waals surface area contributed by atoms with Crippen LogP contribution < -0.4 is 5.73 Å². The van der Waals surface area contributed by atoms with E-state index in [0.717, 1.165) is 16.7 Å². The number of hydrogen-bond donors (Lipinski definition) is 2. The van der Waals surface area contributed by atoms with Crippen molar-refractivity contribution in [2.45, 2.75) is 0 Å². The Morgan fingerprint density at radius 3 is 2.30 bits per heavy atom. The Kier molecular flexibility index (Phi) is 2.96. The lowest BCUT2D eigenvalue weighted by molar-refractivity contribution is 0.100. The molecular weight excluding hydrogens is 254 g/mol. The van der Waals surface area contributed by atoms with Crippen molar-refractivity contribution in [2.24, 2.45) is 5.73 Å². The second-order valence-electron chi connectivity index (χ2n) is 4.22. The van der Waals surface area contributed by atoms with Gasteiger partial charge in [0.25, 0.3) is 0 Å². The number of carbonyl (C=O) groups is 1. The highest BCUT2D eigenvalue weighted by atomic mass is 16.1. The van der Waals surface area contributed by atoms with Crippen LogP contribution in [-0.4, -0.2) is 26.5 Å². The number of H-pyrrole nitrogens is 1. The summed E-state index contributed by atoms with van der Waals surface area (Å²) in [4.78, 5) is 11.1. The molecule has 98 valence electrons. The van der Waals surface area contributed by atoms with Gasteiger partial charge in [0.15, 0.2) is 0 Å². The van der Waals surface area contributed by atoms with Crippen LogP contribution in [0.3, 0.4) is 0 Å². The van der Waals surface area contributed by atoms with E-state index in [4.69, 9.17) is 5.73 Å². The van der Waals surface area contributed by atoms with Gasteiger partial charge >= 0.3 is 0 Å². The maximum Gasteiger partial charge on any atom is 0.248 e. The van der Waals surface area contributed by atoms with E-state index < -0.39 is 5.91 Å². The molecule has 2 aromatic carbocycles. The molecule has 1 aromatic heterocycles. The highest BCUT2D eigenvalue weighted by Gasteiger charge is 2.10. The molecule has 0 aliphatic heterocycles. The van der Waals surface area contributed by atoms with Gasteiger partial charge in [-0.1, -0.05) is 36.4 Å². The second kappa shape index (κ2) is 4.93. The smallest absolute Gasteiger partial charge is 0.248 e. The van der Waals surface area contributed by atoms with Crippen molar-refractivity contribution >= 4 is 5.91 Å². The Labute approximate surface area is 114 Å². The molecule has 0 aliphatic carbocycles. The van der Waals surface area contributed by atoms with Crippen molar-refractivity contribution in [3.05, 3.63) is 54.1 Å². The summed E-state index contributed by atoms with van der Waals surface area (Å²) in [6.07, 6.45) is 0. The van der Waals surface area contributed by atoms with Gasteiger partial charge < -0.3 is 5.73 Å². The number of nitrogens with one attached hydrogen (secondary N) is 1. The second-order valence-corrected chi connectivity index (χ2v) is 4.22. The van der Waals surface area contributed by atoms with E-state index in [1.54, 1.807) is 12.1 Å². The zero-order valence-corrected chi connectivity index (χ0v) is 10.4. The van der Waals surface area contributed by atoms with Crippen LogP contribution >= 0.6 is 0 Å². The summed E-state index contributed by atoms with van der Waals surface area (Å²) in [6.45, 7) is 0. The first-order chi connectivity index (χ1) is 9.75. The van der Waals surface area contributed by atoms with Gasteiger partial charge in [-0.25, -0.2) is 0 Å². The maximum absolute atomic E-state index is 11.1. The SMILES string of the molecule is NC(=O)c1ccc(-c2ccccc2-c2nn[nH]n2)cc1. The van der Waals surface area contributed by atoms with Crippen molar-refractivity contribution in [3.63, 3.8) is 0 Å². The van der Waals surface area contributed by atoms with Gasteiger partial charge in [0.2, 0.25) is 11.7 Å². The average Bonchev–Trinajstić information content (AvgIpc) is 3.01. The number of nitrogens with zero attached hydrogens (tertiary/aromatic N) is 3. The molecule has 0 aliphatic rings. The molecule has 0 unspecified atom stereocenters. The number of benzene rings is 2. The highest BCUT2D eigenvalue weighted by molar-refractivity contribution is 5.93. The summed E-state index contributed by atoms with van der Waals surface area (Å²) in [5.74, 6) is 0.0857. The van der Waals surface area contributed by atoms with Crippen LogP contribution in [-0.2, 0) is 0 Å². The largest absolute Gasteiger partial charge is 0.366 e. The summed E-state index contributed by atoms with van der Waals surface area (Å²) in [5, 5.41) is 14.0. The molecule has 0 saturated heterocycles. The topological polar surface area (TPSA) is 97.5 Å². The summed E-state index contributed by atoms with van der Waals surface area (Å²) in [5.41, 5.74) is 8.50. The van der Waals surface area contributed by atoms with Crippen molar-refractivity contribution in [1.29, 1.82) is 0 Å². The third kappa shape index (κ3) is 2.14. The average molecular weight is 265 g/mol. The third-order valence-electron chi connectivity index (χ3n) is 2.99. The Balaban J connectivity index is 2.08. The van der Waals surface area contributed by atoms with E-state index in [9.17, 15) is 4.79 Å². The molecular formula is C14H11N5O. The van der Waals surface area contributed by atoms with Crippen molar-refractivity contribution < 1.29 is 4.79 Å². The number of aromatic amines is 1. The van der Waals surface area contributed by atoms with E-state index in [0.29, 0.717) is 11.4 Å². The van der Waals surface area contributed by atoms with E-state index >= 15 is 0 Å². The molecule has 0 bridgehead atoms. The highest BCUT2D eigenvalue weighted by Crippen LogP contribution is 2.29. The van der Waals surface area contributed by atoms with Gasteiger partial charge in [-0.05, 0) is 28.5 Å². The normalized spacial score (nSPS) is 10.4. The standard InChI is InChI=1S/C14H11N5O/c15-13(20)10-7-5-9(6-8-10)11-3-1-2-4-12(11)14-16-18-19-17-14/h1-8H,(H2,15,20)(H,16,17,18,19). The Hall–Kier alpha value is -3.02. The molecule has 0 atom stereocenters. The van der Waals surface area contributed by atoms with Crippen molar-refractivity contribution in [2.75, 3.05) is 0 Å². The van der Waals surface area contributed by atoms with E-state index in [1.807, 2.05) is 36.4 Å². The number of amides is 1. The summed E-state index contributed by atoms with van der Waals surface area (Å²) < 4.78 is 0. The van der Waals surface area contributed by atoms with Gasteiger partial charge in [-0.3, -0.25) is 4.79 Å². The first-order valence-corrected chi connectivity index (χ1v) is 5.99. The Bertz CT molecular complexity index is 735. The minimum absolute atomic E-state index is 0.442. The quantitative estimate of drug-likeness (QED) is 0.752. The van der Waals surface area contributed by atoms with E-state index in [1.165, 1.54) is 0 Å². The first-order valence-electron chi connectivity index (χ1n) is 5.99. The minimum atomic E-state index is -0.442. The first kappa shape index (κ1) is 12.0. The molecule has 0 spiro atoms. The Morgan fingerprint density at radius 2 is 1.70 bits per heavy atom. The molecule has 0 radical (unpaired) electrons. The molecule has 3 rings (SSSR count). The predicted molar refractivity (Wildman–Crippen MR) is 73.6 cm³/mol. The van der Waals surface area contributed by atoms with Gasteiger partial charge in [-0.2, -0.15) is 5.21 Å². The number of carbonyl (C=O) groups excluding carboxylic acids is 1. The molecule has 3 N–H and O–H groups in total. The lowest BCUT2D eigenvalue weighted by Crippen LogP contribution is -2.10. The molecule has 6 nitrogen and oxygen atoms in total. The van der Waals surface area contributed by atoms with Gasteiger partial charge in [-0.15, -0.1) is 10.2 Å². The molecule has 20 heavy (non-hydrogen) atoms. The molecule has 0 fully saturated rings. The molecule has 1 amide bonds. The predicted octanol–water partition coefficient (Wildman–Crippen LogP) is 1.63. The molecule has 0 saturated carbocycles. The number of rotatable bonds is 3. The number of primary amides is 1. The van der Waals surface area contributed by atoms with Crippen LogP contribution in [0.4, 0.5) is 0 Å². The van der Waals surface area contributed by atoms with Gasteiger partial charge in [0, 0.05) is 11.1 Å². The zero-order valence-electron chi connectivity index (χ0n) is 10.4. The molecule has 1 heterocycles. The minimum Gasteiger partial charge on any atom is -0.366 e. The lowest BCUT2D eigenvalue weighted by Gasteiger charge is -2.07. The maximum atomic E-state index is 11.1. The number of nitrogens with two attached hydrogens (primary N) is 1. The van der Waals surface area contributed by atoms with Crippen LogP contribution in [0.2, 0.25) is 0 Å². The van der Waals surface area contributed by atoms with Crippen LogP contribution in [0, 0.1) is 0 Å². The number of tetrazole rings is 1. The fourth-order valence-electron chi connectivity index (χ4n) is 2.02. The number of aromatic nitrogens is 4. The van der Waals surface area contributed by atoms with Crippen LogP contribution in [0.25, 0.3) is 22.5 Å². The Morgan fingerprint density at radius 1 is 1.00 bits per heavy atom. The van der Waals surface area contributed by atoms with E-state index in [2.05, 4.69) is 20.6 Å². The van der Waals surface area contributed by atoms with Crippen molar-refractivity contribution in [3.8, 4) is 22.5 Å². The monoisotopic (exact) mass is 265 g/mol. The van der Waals surface area contributed by atoms with Crippen LogP contribution in [0.1, 0.15) is 10.4 Å². The lowest BCUT2D eigenvalue weighted by atomic mass is 9.98. The fourth-order valence-corrected chi connectivity index (χ4v) is 2.02. The summed E-state index contributed by atoms with van der Waals surface area (Å²) in [6, 6.07) is 14.8. The van der Waals surface area contributed by atoms with Crippen molar-refractivity contribution in [1.82, 2.24) is 20.6 Å². The number of hydrogen-bond acceptors (Lipinski definition) is 4. The molecule has 6 heteroatoms. The third-order valence-corrected chi connectivity index (χ3v) is 2.99. The zero-order chi connectivity index (χ0) is 13.9. The van der Waals surface area contributed by atoms with Gasteiger partial charge in [0.1, 0.15) is 0 Å². The fraction of sp³-hybridized carbons (Fsp3) is 0.